The minimum atomic E-state index is -0.0469. The van der Waals surface area contributed by atoms with Crippen LogP contribution in [0.2, 0.25) is 0 Å². The van der Waals surface area contributed by atoms with Crippen LogP contribution in [0.25, 0.3) is 0 Å². The van der Waals surface area contributed by atoms with Gasteiger partial charge in [-0.1, -0.05) is 48.5 Å². The van der Waals surface area contributed by atoms with Crippen LogP contribution < -0.4 is 4.74 Å². The lowest BCUT2D eigenvalue weighted by molar-refractivity contribution is -0.144. The molecule has 2 aliphatic heterocycles. The summed E-state index contributed by atoms with van der Waals surface area (Å²) in [7, 11) is 0. The maximum absolute atomic E-state index is 13.4. The van der Waals surface area contributed by atoms with Gasteiger partial charge in [-0.05, 0) is 48.1 Å². The van der Waals surface area contributed by atoms with E-state index >= 15 is 0 Å². The molecule has 7 heteroatoms. The highest BCUT2D eigenvalue weighted by molar-refractivity contribution is 7.10. The predicted molar refractivity (Wildman–Crippen MR) is 138 cm³/mol. The van der Waals surface area contributed by atoms with Gasteiger partial charge in [-0.2, -0.15) is 0 Å². The van der Waals surface area contributed by atoms with Crippen LogP contribution in [0.3, 0.4) is 0 Å². The second kappa shape index (κ2) is 10.6. The van der Waals surface area contributed by atoms with Crippen LogP contribution in [0.15, 0.2) is 72.1 Å². The Bertz CT molecular complexity index is 1150. The Hall–Kier alpha value is -3.16. The van der Waals surface area contributed by atoms with Crippen molar-refractivity contribution in [3.05, 3.63) is 88.1 Å². The third-order valence-electron chi connectivity index (χ3n) is 6.93. The number of hydrogen-bond donors (Lipinski definition) is 0. The molecule has 6 nitrogen and oxygen atoms in total. The largest absolute Gasteiger partial charge is 0.484 e. The molecule has 35 heavy (non-hydrogen) atoms. The molecule has 0 radical (unpaired) electrons. The number of amides is 2. The summed E-state index contributed by atoms with van der Waals surface area (Å²) in [5.41, 5.74) is 2.55. The average molecular weight is 490 g/mol. The van der Waals surface area contributed by atoms with E-state index in [2.05, 4.69) is 40.6 Å². The third kappa shape index (κ3) is 5.26. The number of rotatable bonds is 6. The highest BCUT2D eigenvalue weighted by atomic mass is 32.1. The molecule has 2 amide bonds. The topological polar surface area (TPSA) is 53.1 Å². The van der Waals surface area contributed by atoms with Gasteiger partial charge in [-0.3, -0.25) is 14.5 Å². The molecule has 2 unspecified atom stereocenters. The zero-order valence-corrected chi connectivity index (χ0v) is 20.8. The Morgan fingerprint density at radius 1 is 0.943 bits per heavy atom. The summed E-state index contributed by atoms with van der Waals surface area (Å²) in [6, 6.07) is 22.1. The Kier molecular flexibility index (Phi) is 7.16. The number of fused-ring (bicyclic) bond motifs is 1. The van der Waals surface area contributed by atoms with Crippen LogP contribution in [-0.2, 0) is 16.0 Å². The molecule has 0 aliphatic carbocycles. The number of hydrogen-bond acceptors (Lipinski definition) is 5. The van der Waals surface area contributed by atoms with E-state index in [-0.39, 0.29) is 30.5 Å². The number of nitrogens with zero attached hydrogens (tertiary/aromatic N) is 3. The average Bonchev–Trinajstić information content (AvgIpc) is 3.37. The molecule has 3 aromatic rings. The SMILES string of the molecule is CC1CN(C(=O)CN2CCc3sccc3C2c2ccccc2)CCN1C(=O)COc1ccccc1. The van der Waals surface area contributed by atoms with Gasteiger partial charge in [-0.25, -0.2) is 0 Å². The second-order valence-corrected chi connectivity index (χ2v) is 10.2. The van der Waals surface area contributed by atoms with E-state index < -0.39 is 0 Å². The Labute approximate surface area is 210 Å². The molecule has 5 rings (SSSR count). The minimum absolute atomic E-state index is 0.0117. The van der Waals surface area contributed by atoms with Gasteiger partial charge < -0.3 is 14.5 Å². The van der Waals surface area contributed by atoms with Gasteiger partial charge in [0, 0.05) is 37.1 Å². The second-order valence-electron chi connectivity index (χ2n) is 9.21. The van der Waals surface area contributed by atoms with Gasteiger partial charge in [-0.15, -0.1) is 11.3 Å². The van der Waals surface area contributed by atoms with Crippen molar-refractivity contribution < 1.29 is 14.3 Å². The van der Waals surface area contributed by atoms with E-state index in [9.17, 15) is 9.59 Å². The third-order valence-corrected chi connectivity index (χ3v) is 7.92. The molecule has 2 atom stereocenters. The minimum Gasteiger partial charge on any atom is -0.484 e. The van der Waals surface area contributed by atoms with Crippen molar-refractivity contribution in [1.82, 2.24) is 14.7 Å². The van der Waals surface area contributed by atoms with Crippen molar-refractivity contribution in [1.29, 1.82) is 0 Å². The van der Waals surface area contributed by atoms with Crippen molar-refractivity contribution in [2.45, 2.75) is 25.4 Å². The first-order valence-electron chi connectivity index (χ1n) is 12.2. The van der Waals surface area contributed by atoms with Crippen LogP contribution in [0.1, 0.15) is 29.0 Å². The van der Waals surface area contributed by atoms with Gasteiger partial charge in [0.05, 0.1) is 12.6 Å². The molecule has 0 spiro atoms. The van der Waals surface area contributed by atoms with Crippen molar-refractivity contribution >= 4 is 23.2 Å². The van der Waals surface area contributed by atoms with Crippen LogP contribution in [0, 0.1) is 0 Å². The predicted octanol–water partition coefficient (Wildman–Crippen LogP) is 3.83. The number of carbonyl (C=O) groups excluding carboxylic acids is 2. The number of ether oxygens (including phenoxy) is 1. The lowest BCUT2D eigenvalue weighted by Gasteiger charge is -2.41. The van der Waals surface area contributed by atoms with E-state index in [1.165, 1.54) is 16.0 Å². The zero-order chi connectivity index (χ0) is 24.2. The van der Waals surface area contributed by atoms with Crippen LogP contribution in [0.5, 0.6) is 5.75 Å². The van der Waals surface area contributed by atoms with Crippen molar-refractivity contribution in [2.75, 3.05) is 39.3 Å². The Balaban J connectivity index is 1.20. The number of carbonyl (C=O) groups is 2. The standard InChI is InChI=1S/C28H31N3O3S/c1-21-18-29(15-16-31(21)27(33)20-34-23-10-6-3-7-11-23)26(32)19-30-14-12-25-24(13-17-35-25)28(30)22-8-4-2-5-9-22/h2-11,13,17,21,28H,12,14-16,18-20H2,1H3. The van der Waals surface area contributed by atoms with Crippen molar-refractivity contribution in [2.24, 2.45) is 0 Å². The van der Waals surface area contributed by atoms with Gasteiger partial charge in [0.2, 0.25) is 5.91 Å². The van der Waals surface area contributed by atoms with E-state index in [4.69, 9.17) is 4.74 Å². The smallest absolute Gasteiger partial charge is 0.260 e. The summed E-state index contributed by atoms with van der Waals surface area (Å²) in [6.45, 7) is 4.89. The van der Waals surface area contributed by atoms with E-state index in [0.29, 0.717) is 31.9 Å². The molecule has 182 valence electrons. The maximum Gasteiger partial charge on any atom is 0.260 e. The summed E-state index contributed by atoms with van der Waals surface area (Å²) in [4.78, 5) is 33.6. The lowest BCUT2D eigenvalue weighted by Crippen LogP contribution is -2.57. The lowest BCUT2D eigenvalue weighted by atomic mass is 9.93. The zero-order valence-electron chi connectivity index (χ0n) is 20.0. The molecule has 1 aromatic heterocycles. The monoisotopic (exact) mass is 489 g/mol. The first-order valence-corrected chi connectivity index (χ1v) is 13.1. The van der Waals surface area contributed by atoms with Gasteiger partial charge in [0.1, 0.15) is 5.75 Å². The summed E-state index contributed by atoms with van der Waals surface area (Å²) < 4.78 is 5.64. The first kappa shape index (κ1) is 23.6. The van der Waals surface area contributed by atoms with Gasteiger partial charge in [0.15, 0.2) is 6.61 Å². The molecule has 0 saturated carbocycles. The normalized spacial score (nSPS) is 20.4. The van der Waals surface area contributed by atoms with Crippen LogP contribution in [-0.4, -0.2) is 71.9 Å². The van der Waals surface area contributed by atoms with E-state index in [0.717, 1.165) is 13.0 Å². The summed E-state index contributed by atoms with van der Waals surface area (Å²) in [6.07, 6.45) is 0.976. The molecular weight excluding hydrogens is 458 g/mol. The Morgan fingerprint density at radius 2 is 1.69 bits per heavy atom. The molecule has 0 bridgehead atoms. The molecule has 0 N–H and O–H groups in total. The number of thiophene rings is 1. The first-order chi connectivity index (χ1) is 17.1. The molecule has 2 aromatic carbocycles. The van der Waals surface area contributed by atoms with Crippen LogP contribution in [0.4, 0.5) is 0 Å². The number of benzene rings is 2. The fourth-order valence-electron chi connectivity index (χ4n) is 5.14. The van der Waals surface area contributed by atoms with Crippen molar-refractivity contribution in [3.8, 4) is 5.75 Å². The fourth-order valence-corrected chi connectivity index (χ4v) is 6.04. The van der Waals surface area contributed by atoms with E-state index in [1.807, 2.05) is 64.5 Å². The highest BCUT2D eigenvalue weighted by Gasteiger charge is 2.34. The highest BCUT2D eigenvalue weighted by Crippen LogP contribution is 2.37. The maximum atomic E-state index is 13.4. The number of piperazine rings is 1. The fraction of sp³-hybridized carbons (Fsp3) is 0.357. The molecule has 2 aliphatic rings. The summed E-state index contributed by atoms with van der Waals surface area (Å²) >= 11 is 1.81. The quantitative estimate of drug-likeness (QED) is 0.528. The summed E-state index contributed by atoms with van der Waals surface area (Å²) in [5, 5.41) is 2.16. The molecule has 1 fully saturated rings. The molecule has 1 saturated heterocycles. The Morgan fingerprint density at radius 3 is 2.43 bits per heavy atom. The summed E-state index contributed by atoms with van der Waals surface area (Å²) in [5.74, 6) is 0.772. The number of para-hydroxylation sites is 1. The van der Waals surface area contributed by atoms with Crippen LogP contribution >= 0.6 is 11.3 Å². The van der Waals surface area contributed by atoms with Gasteiger partial charge >= 0.3 is 0 Å². The van der Waals surface area contributed by atoms with Gasteiger partial charge in [0.25, 0.3) is 5.91 Å². The van der Waals surface area contributed by atoms with E-state index in [1.54, 1.807) is 0 Å². The molecule has 3 heterocycles. The molecular formula is C28H31N3O3S. The van der Waals surface area contributed by atoms with Crippen molar-refractivity contribution in [3.63, 3.8) is 0 Å².